The van der Waals surface area contributed by atoms with Crippen molar-refractivity contribution in [2.24, 2.45) is 5.16 Å². The summed E-state index contributed by atoms with van der Waals surface area (Å²) in [6, 6.07) is 17.7. The maximum absolute atomic E-state index is 13.9. The Hall–Kier alpha value is -4.41. The van der Waals surface area contributed by atoms with Gasteiger partial charge in [0.05, 0.1) is 40.1 Å². The van der Waals surface area contributed by atoms with Gasteiger partial charge < -0.3 is 14.1 Å². The summed E-state index contributed by atoms with van der Waals surface area (Å²) >= 11 is 0. The molecule has 41 heavy (non-hydrogen) atoms. The van der Waals surface area contributed by atoms with E-state index in [4.69, 9.17) is 9.57 Å². The third-order valence-corrected chi connectivity index (χ3v) is 7.69. The Balaban J connectivity index is 1.76. The smallest absolute Gasteiger partial charge is 0.332 e. The molecule has 0 amide bonds. The van der Waals surface area contributed by atoms with Crippen LogP contribution < -0.4 is 0 Å². The predicted octanol–water partition coefficient (Wildman–Crippen LogP) is 5.33. The normalized spacial score (nSPS) is 14.9. The van der Waals surface area contributed by atoms with Gasteiger partial charge in [-0.25, -0.2) is 4.79 Å². The van der Waals surface area contributed by atoms with Gasteiger partial charge in [0.2, 0.25) is 0 Å². The van der Waals surface area contributed by atoms with E-state index in [0.29, 0.717) is 60.3 Å². The van der Waals surface area contributed by atoms with Gasteiger partial charge in [-0.1, -0.05) is 35.5 Å². The number of aromatic nitrogens is 1. The topological polar surface area (TPSA) is 116 Å². The van der Waals surface area contributed by atoms with Crippen molar-refractivity contribution >= 4 is 45.0 Å². The molecule has 1 aromatic heterocycles. The van der Waals surface area contributed by atoms with Gasteiger partial charge >= 0.3 is 5.97 Å². The monoisotopic (exact) mass is 556 g/mol. The summed E-state index contributed by atoms with van der Waals surface area (Å²) in [7, 11) is 0. The summed E-state index contributed by atoms with van der Waals surface area (Å²) in [6.07, 6.45) is 0. The van der Waals surface area contributed by atoms with Crippen molar-refractivity contribution in [2.45, 2.75) is 39.8 Å². The Kier molecular flexibility index (Phi) is 7.70. The van der Waals surface area contributed by atoms with Crippen LogP contribution in [0.4, 0.5) is 5.69 Å². The van der Waals surface area contributed by atoms with Gasteiger partial charge in [-0.05, 0) is 51.1 Å². The second-order valence-electron chi connectivity index (χ2n) is 10.5. The van der Waals surface area contributed by atoms with Crippen LogP contribution in [0.1, 0.15) is 49.2 Å². The van der Waals surface area contributed by atoms with E-state index in [9.17, 15) is 19.7 Å². The zero-order valence-corrected chi connectivity index (χ0v) is 23.5. The molecule has 0 spiro atoms. The van der Waals surface area contributed by atoms with Crippen molar-refractivity contribution in [2.75, 3.05) is 26.3 Å². The van der Waals surface area contributed by atoms with E-state index in [1.54, 1.807) is 42.5 Å². The van der Waals surface area contributed by atoms with Crippen LogP contribution in [-0.2, 0) is 20.9 Å². The molecular weight excluding hydrogens is 524 g/mol. The number of Topliss-reactive ketones (excluding diaryl/α,β-unsaturated/α-hetero) is 1. The lowest BCUT2D eigenvalue weighted by Crippen LogP contribution is -2.54. The van der Waals surface area contributed by atoms with Crippen molar-refractivity contribution in [3.05, 3.63) is 87.5 Å². The van der Waals surface area contributed by atoms with Crippen molar-refractivity contribution in [3.8, 4) is 0 Å². The number of morpholine rings is 1. The molecule has 0 aliphatic carbocycles. The molecule has 0 saturated carbocycles. The number of hydrogen-bond donors (Lipinski definition) is 0. The molecule has 10 heteroatoms. The molecule has 3 aromatic carbocycles. The van der Waals surface area contributed by atoms with E-state index < -0.39 is 16.4 Å². The first-order valence-corrected chi connectivity index (χ1v) is 13.6. The summed E-state index contributed by atoms with van der Waals surface area (Å²) < 4.78 is 7.47. The lowest BCUT2D eigenvalue weighted by molar-refractivity contribution is -0.383. The van der Waals surface area contributed by atoms with Crippen molar-refractivity contribution < 1.29 is 24.1 Å². The van der Waals surface area contributed by atoms with Gasteiger partial charge in [-0.2, -0.15) is 0 Å². The van der Waals surface area contributed by atoms with E-state index in [0.717, 1.165) is 5.52 Å². The summed E-state index contributed by atoms with van der Waals surface area (Å²) in [4.78, 5) is 44.9. The summed E-state index contributed by atoms with van der Waals surface area (Å²) in [5.41, 5.74) is 1.87. The number of aryl methyl sites for hydroxylation is 1. The minimum absolute atomic E-state index is 0.0705. The lowest BCUT2D eigenvalue weighted by Gasteiger charge is -2.39. The quantitative estimate of drug-likeness (QED) is 0.0947. The number of oxime groups is 1. The zero-order chi connectivity index (χ0) is 29.3. The summed E-state index contributed by atoms with van der Waals surface area (Å²) in [6.45, 7) is 9.98. The number of carbonyl (C=O) groups is 2. The van der Waals surface area contributed by atoms with Gasteiger partial charge in [-0.3, -0.25) is 19.8 Å². The minimum atomic E-state index is -0.783. The number of fused-ring (bicyclic) bond motifs is 3. The minimum Gasteiger partial charge on any atom is -0.379 e. The van der Waals surface area contributed by atoms with Crippen LogP contribution in [0.25, 0.3) is 21.8 Å². The van der Waals surface area contributed by atoms with Crippen LogP contribution in [0, 0.1) is 10.1 Å². The Morgan fingerprint density at radius 3 is 2.34 bits per heavy atom. The van der Waals surface area contributed by atoms with Crippen molar-refractivity contribution in [1.29, 1.82) is 0 Å². The highest BCUT2D eigenvalue weighted by Gasteiger charge is 2.36. The predicted molar refractivity (Wildman–Crippen MR) is 156 cm³/mol. The van der Waals surface area contributed by atoms with E-state index in [-0.39, 0.29) is 22.7 Å². The van der Waals surface area contributed by atoms with Gasteiger partial charge in [0.25, 0.3) is 5.69 Å². The second kappa shape index (κ2) is 11.2. The van der Waals surface area contributed by atoms with Crippen LogP contribution in [0.2, 0.25) is 0 Å². The number of rotatable bonds is 8. The summed E-state index contributed by atoms with van der Waals surface area (Å²) in [5, 5.41) is 17.8. The Bertz CT molecular complexity index is 1680. The number of benzene rings is 3. The first-order chi connectivity index (χ1) is 19.6. The van der Waals surface area contributed by atoms with Crippen LogP contribution in [0.5, 0.6) is 0 Å². The first kappa shape index (κ1) is 28.1. The highest BCUT2D eigenvalue weighted by Crippen LogP contribution is 2.40. The average Bonchev–Trinajstić information content (AvgIpc) is 3.30. The molecule has 10 nitrogen and oxygen atoms in total. The number of ketones is 1. The number of nitro benzene ring substituents is 1. The molecule has 1 aliphatic heterocycles. The Labute approximate surface area is 237 Å². The van der Waals surface area contributed by atoms with Gasteiger partial charge in [0.15, 0.2) is 5.78 Å². The van der Waals surface area contributed by atoms with E-state index >= 15 is 0 Å². The second-order valence-corrected chi connectivity index (χ2v) is 10.5. The fraction of sp³-hybridized carbons (Fsp3) is 0.323. The molecule has 5 rings (SSSR count). The van der Waals surface area contributed by atoms with E-state index in [1.165, 1.54) is 6.92 Å². The molecule has 1 saturated heterocycles. The van der Waals surface area contributed by atoms with Crippen molar-refractivity contribution in [3.63, 3.8) is 0 Å². The molecule has 2 heterocycles. The van der Waals surface area contributed by atoms with E-state index in [1.807, 2.05) is 43.5 Å². The molecule has 1 aliphatic rings. The van der Waals surface area contributed by atoms with Crippen molar-refractivity contribution in [1.82, 2.24) is 9.47 Å². The lowest BCUT2D eigenvalue weighted by atomic mass is 9.90. The Morgan fingerprint density at radius 2 is 1.71 bits per heavy atom. The summed E-state index contributed by atoms with van der Waals surface area (Å²) in [5.74, 6) is -0.713. The standard InChI is InChI=1S/C31H32N4O6/c1-5-34-25-13-11-22(30(37)31(3,4)33-15-17-40-18-16-33)19-24(25)27-26(34)14-12-23(29(27)35(38)39)28(32-41-20(2)36)21-9-7-6-8-10-21/h6-14,19H,5,15-18H2,1-4H3/b32-28+. The highest BCUT2D eigenvalue weighted by atomic mass is 16.7. The number of carbonyl (C=O) groups excluding carboxylic acids is 2. The number of nitrogens with zero attached hydrogens (tertiary/aromatic N) is 4. The Morgan fingerprint density at radius 1 is 1.02 bits per heavy atom. The molecule has 0 N–H and O–H groups in total. The van der Waals surface area contributed by atoms with E-state index in [2.05, 4.69) is 10.1 Å². The fourth-order valence-electron chi connectivity index (χ4n) is 5.62. The zero-order valence-electron chi connectivity index (χ0n) is 23.5. The molecule has 0 radical (unpaired) electrons. The fourth-order valence-corrected chi connectivity index (χ4v) is 5.62. The molecule has 4 aromatic rings. The molecule has 1 fully saturated rings. The molecular formula is C31H32N4O6. The van der Waals surface area contributed by atoms with Gasteiger partial charge in [0, 0.05) is 48.6 Å². The first-order valence-electron chi connectivity index (χ1n) is 13.6. The number of nitro groups is 1. The van der Waals surface area contributed by atoms with Crippen LogP contribution in [0.3, 0.4) is 0 Å². The van der Waals surface area contributed by atoms with Crippen LogP contribution in [0.15, 0.2) is 65.8 Å². The molecule has 0 atom stereocenters. The van der Waals surface area contributed by atoms with Crippen LogP contribution in [-0.4, -0.2) is 63.7 Å². The highest BCUT2D eigenvalue weighted by molar-refractivity contribution is 6.22. The third-order valence-electron chi connectivity index (χ3n) is 7.69. The maximum Gasteiger partial charge on any atom is 0.332 e. The van der Waals surface area contributed by atoms with Crippen LogP contribution >= 0.6 is 0 Å². The van der Waals surface area contributed by atoms with Gasteiger partial charge in [0.1, 0.15) is 5.71 Å². The largest absolute Gasteiger partial charge is 0.379 e. The number of hydrogen-bond acceptors (Lipinski definition) is 8. The molecule has 0 unspecified atom stereocenters. The maximum atomic E-state index is 13.9. The van der Waals surface area contributed by atoms with Gasteiger partial charge in [-0.15, -0.1) is 0 Å². The third kappa shape index (κ3) is 5.12. The molecule has 0 bridgehead atoms. The average molecular weight is 557 g/mol. The molecule has 212 valence electrons. The number of ether oxygens (including phenoxy) is 1. The SMILES string of the molecule is CCn1c2ccc(C(=O)C(C)(C)N3CCOCC3)cc2c2c([N+](=O)[O-])c(/C(=N/OC(C)=O)c3ccccc3)ccc21.